The van der Waals surface area contributed by atoms with Crippen molar-refractivity contribution in [2.45, 2.75) is 59.0 Å². The van der Waals surface area contributed by atoms with Crippen molar-refractivity contribution in [3.63, 3.8) is 0 Å². The van der Waals surface area contributed by atoms with Crippen LogP contribution in [0.25, 0.3) is 0 Å². The molecule has 3 nitrogen and oxygen atoms in total. The molecule has 100 valence electrons. The lowest BCUT2D eigenvalue weighted by atomic mass is 9.95. The van der Waals surface area contributed by atoms with Crippen LogP contribution < -0.4 is 9.88 Å². The lowest BCUT2D eigenvalue weighted by Gasteiger charge is -2.11. The molecular formula is C15H25N2O+. The number of nitrogens with one attached hydrogen (secondary N) is 1. The van der Waals surface area contributed by atoms with E-state index in [0.29, 0.717) is 12.5 Å². The van der Waals surface area contributed by atoms with Crippen LogP contribution in [0, 0.1) is 0 Å². The molecule has 0 saturated carbocycles. The summed E-state index contributed by atoms with van der Waals surface area (Å²) in [5.74, 6) is 0.689. The van der Waals surface area contributed by atoms with Crippen molar-refractivity contribution >= 4 is 5.91 Å². The Morgan fingerprint density at radius 3 is 2.22 bits per heavy atom. The van der Waals surface area contributed by atoms with Gasteiger partial charge in [0.25, 0.3) is 5.91 Å². The topological polar surface area (TPSA) is 33.0 Å². The molecular weight excluding hydrogens is 224 g/mol. The summed E-state index contributed by atoms with van der Waals surface area (Å²) in [7, 11) is 0. The molecule has 1 N–H and O–H groups in total. The standard InChI is InChI=1S/C15H24N2O/c1-5-13(6-2)14-7-9-17(10-8-14)11-15(18)16-12(3)4/h7-10,12-13H,5-6,11H2,1-4H3/p+1. The average molecular weight is 249 g/mol. The van der Waals surface area contributed by atoms with Crippen molar-refractivity contribution in [3.8, 4) is 0 Å². The van der Waals surface area contributed by atoms with E-state index in [9.17, 15) is 4.79 Å². The Bertz CT molecular complexity index is 367. The molecule has 0 aromatic carbocycles. The van der Waals surface area contributed by atoms with E-state index < -0.39 is 0 Å². The molecule has 0 bridgehead atoms. The van der Waals surface area contributed by atoms with Gasteiger partial charge in [-0.05, 0) is 38.2 Å². The third-order valence-corrected chi connectivity index (χ3v) is 3.15. The first kappa shape index (κ1) is 14.7. The summed E-state index contributed by atoms with van der Waals surface area (Å²) in [5.41, 5.74) is 1.36. The Morgan fingerprint density at radius 2 is 1.78 bits per heavy atom. The summed E-state index contributed by atoms with van der Waals surface area (Å²) in [6.07, 6.45) is 6.31. The van der Waals surface area contributed by atoms with Gasteiger partial charge >= 0.3 is 0 Å². The molecule has 0 aliphatic rings. The SMILES string of the molecule is CCC(CC)c1cc[n+](CC(=O)NC(C)C)cc1. The summed E-state index contributed by atoms with van der Waals surface area (Å²) in [6, 6.07) is 4.45. The van der Waals surface area contributed by atoms with Crippen molar-refractivity contribution in [3.05, 3.63) is 30.1 Å². The van der Waals surface area contributed by atoms with Gasteiger partial charge in [-0.1, -0.05) is 13.8 Å². The molecule has 0 fully saturated rings. The maximum Gasteiger partial charge on any atom is 0.286 e. The fourth-order valence-electron chi connectivity index (χ4n) is 2.14. The zero-order valence-corrected chi connectivity index (χ0v) is 11.9. The van der Waals surface area contributed by atoms with Crippen LogP contribution in [-0.4, -0.2) is 11.9 Å². The molecule has 0 aliphatic heterocycles. The van der Waals surface area contributed by atoms with Crippen LogP contribution in [0.4, 0.5) is 0 Å². The number of rotatable bonds is 6. The number of nitrogens with zero attached hydrogens (tertiary/aromatic N) is 1. The van der Waals surface area contributed by atoms with Crippen LogP contribution in [0.15, 0.2) is 24.5 Å². The Labute approximate surface area is 110 Å². The van der Waals surface area contributed by atoms with Gasteiger partial charge in [0.15, 0.2) is 12.4 Å². The molecule has 18 heavy (non-hydrogen) atoms. The first-order valence-corrected chi connectivity index (χ1v) is 6.85. The van der Waals surface area contributed by atoms with E-state index in [-0.39, 0.29) is 11.9 Å². The van der Waals surface area contributed by atoms with Gasteiger partial charge in [0, 0.05) is 18.2 Å². The minimum Gasteiger partial charge on any atom is -0.348 e. The minimum absolute atomic E-state index is 0.0604. The van der Waals surface area contributed by atoms with Crippen molar-refractivity contribution in [1.29, 1.82) is 0 Å². The Morgan fingerprint density at radius 1 is 1.22 bits per heavy atom. The summed E-state index contributed by atoms with van der Waals surface area (Å²) in [6.45, 7) is 8.76. The van der Waals surface area contributed by atoms with Crippen molar-refractivity contribution < 1.29 is 9.36 Å². The Kier molecular flexibility index (Phi) is 5.83. The molecule has 0 atom stereocenters. The highest BCUT2D eigenvalue weighted by Gasteiger charge is 2.12. The van der Waals surface area contributed by atoms with Gasteiger partial charge in [-0.25, -0.2) is 0 Å². The second-order valence-corrected chi connectivity index (χ2v) is 5.04. The first-order chi connectivity index (χ1) is 8.56. The monoisotopic (exact) mass is 249 g/mol. The van der Waals surface area contributed by atoms with E-state index >= 15 is 0 Å². The lowest BCUT2D eigenvalue weighted by molar-refractivity contribution is -0.684. The number of aromatic nitrogens is 1. The number of hydrogen-bond acceptors (Lipinski definition) is 1. The third-order valence-electron chi connectivity index (χ3n) is 3.15. The van der Waals surface area contributed by atoms with E-state index in [1.54, 1.807) is 0 Å². The van der Waals surface area contributed by atoms with Crippen molar-refractivity contribution in [2.75, 3.05) is 0 Å². The highest BCUT2D eigenvalue weighted by atomic mass is 16.2. The summed E-state index contributed by atoms with van der Waals surface area (Å²) < 4.78 is 1.92. The highest BCUT2D eigenvalue weighted by molar-refractivity contribution is 5.74. The van der Waals surface area contributed by atoms with Crippen LogP contribution in [-0.2, 0) is 11.3 Å². The summed E-state index contributed by atoms with van der Waals surface area (Å²) in [4.78, 5) is 11.6. The van der Waals surface area contributed by atoms with Gasteiger partial charge in [-0.15, -0.1) is 0 Å². The molecule has 1 aromatic rings. The molecule has 1 amide bonds. The van der Waals surface area contributed by atoms with Crippen molar-refractivity contribution in [1.82, 2.24) is 5.32 Å². The van der Waals surface area contributed by atoms with E-state index in [1.165, 1.54) is 5.56 Å². The summed E-state index contributed by atoms with van der Waals surface area (Å²) in [5, 5.41) is 2.89. The normalized spacial score (nSPS) is 11.0. The first-order valence-electron chi connectivity index (χ1n) is 6.85. The average Bonchev–Trinajstić information content (AvgIpc) is 2.31. The molecule has 0 aliphatic carbocycles. The van der Waals surface area contributed by atoms with Crippen LogP contribution in [0.1, 0.15) is 52.0 Å². The quantitative estimate of drug-likeness (QED) is 0.772. The van der Waals surface area contributed by atoms with Gasteiger partial charge in [0.2, 0.25) is 6.54 Å². The maximum absolute atomic E-state index is 11.6. The second kappa shape index (κ2) is 7.14. The number of carbonyl (C=O) groups is 1. The van der Waals surface area contributed by atoms with Gasteiger partial charge in [0.05, 0.1) is 0 Å². The smallest absolute Gasteiger partial charge is 0.286 e. The number of carbonyl (C=O) groups excluding carboxylic acids is 1. The molecule has 0 spiro atoms. The molecule has 0 radical (unpaired) electrons. The number of hydrogen-bond donors (Lipinski definition) is 1. The predicted octanol–water partition coefficient (Wildman–Crippen LogP) is 2.40. The molecule has 1 aromatic heterocycles. The second-order valence-electron chi connectivity index (χ2n) is 5.04. The zero-order chi connectivity index (χ0) is 13.5. The highest BCUT2D eigenvalue weighted by Crippen LogP contribution is 2.21. The largest absolute Gasteiger partial charge is 0.348 e. The fraction of sp³-hybridized carbons (Fsp3) is 0.600. The fourth-order valence-corrected chi connectivity index (χ4v) is 2.14. The van der Waals surface area contributed by atoms with Crippen LogP contribution in [0.3, 0.4) is 0 Å². The van der Waals surface area contributed by atoms with Crippen LogP contribution in [0.2, 0.25) is 0 Å². The third kappa shape index (κ3) is 4.47. The maximum atomic E-state index is 11.6. The van der Waals surface area contributed by atoms with Crippen LogP contribution >= 0.6 is 0 Å². The van der Waals surface area contributed by atoms with E-state index in [4.69, 9.17) is 0 Å². The Hall–Kier alpha value is -1.38. The van der Waals surface area contributed by atoms with E-state index in [2.05, 4.69) is 31.3 Å². The van der Waals surface area contributed by atoms with Gasteiger partial charge in [-0.3, -0.25) is 4.79 Å². The van der Waals surface area contributed by atoms with Crippen molar-refractivity contribution in [2.24, 2.45) is 0 Å². The van der Waals surface area contributed by atoms with Gasteiger partial charge in [0.1, 0.15) is 0 Å². The molecule has 1 heterocycles. The lowest BCUT2D eigenvalue weighted by Crippen LogP contribution is -2.44. The molecule has 3 heteroatoms. The van der Waals surface area contributed by atoms with E-state index in [0.717, 1.165) is 12.8 Å². The van der Waals surface area contributed by atoms with Crippen LogP contribution in [0.5, 0.6) is 0 Å². The number of pyridine rings is 1. The zero-order valence-electron chi connectivity index (χ0n) is 11.9. The predicted molar refractivity (Wildman–Crippen MR) is 73.2 cm³/mol. The number of amides is 1. The summed E-state index contributed by atoms with van der Waals surface area (Å²) >= 11 is 0. The molecule has 0 unspecified atom stereocenters. The van der Waals surface area contributed by atoms with Gasteiger partial charge in [-0.2, -0.15) is 4.57 Å². The minimum atomic E-state index is 0.0604. The van der Waals surface area contributed by atoms with E-state index in [1.807, 2.05) is 30.8 Å². The van der Waals surface area contributed by atoms with Gasteiger partial charge < -0.3 is 5.32 Å². The Balaban J connectivity index is 2.62. The molecule has 1 rings (SSSR count). The molecule has 0 saturated heterocycles.